The summed E-state index contributed by atoms with van der Waals surface area (Å²) < 4.78 is 16.8. The van der Waals surface area contributed by atoms with Crippen molar-refractivity contribution in [2.24, 2.45) is 0 Å². The van der Waals surface area contributed by atoms with Crippen LogP contribution in [0.1, 0.15) is 47.2 Å². The number of hydrogen-bond donors (Lipinski definition) is 1. The number of nitrogens with zero attached hydrogens (tertiary/aromatic N) is 2. The molecular formula is C26H25N3O4. The number of para-hydroxylation sites is 1. The van der Waals surface area contributed by atoms with Crippen molar-refractivity contribution in [3.8, 4) is 0 Å². The number of carbonyl (C=O) groups excluding carboxylic acids is 1. The van der Waals surface area contributed by atoms with Gasteiger partial charge < -0.3 is 19.2 Å². The zero-order valence-corrected chi connectivity index (χ0v) is 18.3. The number of oxazole rings is 1. The van der Waals surface area contributed by atoms with E-state index in [0.717, 1.165) is 5.56 Å². The number of carbonyl (C=O) groups is 1. The van der Waals surface area contributed by atoms with E-state index in [1.807, 2.05) is 42.5 Å². The first kappa shape index (κ1) is 21.3. The Morgan fingerprint density at radius 3 is 2.39 bits per heavy atom. The molecule has 1 amide bonds. The second-order valence-corrected chi connectivity index (χ2v) is 8.12. The molecule has 3 fully saturated rings. The van der Waals surface area contributed by atoms with Gasteiger partial charge in [0.05, 0.1) is 17.9 Å². The third kappa shape index (κ3) is 4.65. The molecule has 1 aliphatic carbocycles. The Labute approximate surface area is 191 Å². The van der Waals surface area contributed by atoms with Crippen molar-refractivity contribution >= 4 is 22.7 Å². The fraction of sp³-hybridized carbons (Fsp3) is 0.269. The molecule has 0 spiro atoms. The maximum absolute atomic E-state index is 12.5. The van der Waals surface area contributed by atoms with Crippen LogP contribution in [0.2, 0.25) is 0 Å². The largest absolute Gasteiger partial charge is 0.435 e. The van der Waals surface area contributed by atoms with Gasteiger partial charge in [-0.05, 0) is 49.1 Å². The lowest BCUT2D eigenvalue weighted by Crippen LogP contribution is -2.25. The fourth-order valence-electron chi connectivity index (χ4n) is 4.18. The van der Waals surface area contributed by atoms with Gasteiger partial charge in [-0.25, -0.2) is 4.98 Å². The minimum absolute atomic E-state index is 0.241. The van der Waals surface area contributed by atoms with Gasteiger partial charge in [-0.15, -0.1) is 0 Å². The predicted molar refractivity (Wildman–Crippen MR) is 124 cm³/mol. The van der Waals surface area contributed by atoms with Gasteiger partial charge in [-0.2, -0.15) is 0 Å². The van der Waals surface area contributed by atoms with Gasteiger partial charge in [0.1, 0.15) is 5.52 Å². The van der Waals surface area contributed by atoms with Gasteiger partial charge in [0, 0.05) is 25.1 Å². The van der Waals surface area contributed by atoms with Crippen molar-refractivity contribution in [2.75, 3.05) is 12.4 Å². The van der Waals surface area contributed by atoms with E-state index in [9.17, 15) is 4.79 Å². The van der Waals surface area contributed by atoms with Crippen LogP contribution in [0, 0.1) is 0 Å². The number of fused-ring (bicyclic) bond motifs is 2. The molecule has 3 unspecified atom stereocenters. The Balaban J connectivity index is 0.000000324. The average molecular weight is 444 g/mol. The Bertz CT molecular complexity index is 1210. The SMILES string of the molecule is C1CC2CC1O2.COC(c1ccccc1)c1nc2cccc(NC(=O)c3ccncc3)c2o1. The first-order valence-corrected chi connectivity index (χ1v) is 11.1. The van der Waals surface area contributed by atoms with Crippen LogP contribution in [0.3, 0.4) is 0 Å². The van der Waals surface area contributed by atoms with Crippen molar-refractivity contribution in [3.05, 3.63) is 90.1 Å². The molecule has 0 radical (unpaired) electrons. The van der Waals surface area contributed by atoms with Gasteiger partial charge in [0.15, 0.2) is 11.7 Å². The second-order valence-electron chi connectivity index (χ2n) is 8.12. The number of amides is 1. The van der Waals surface area contributed by atoms with Crippen LogP contribution >= 0.6 is 0 Å². The summed E-state index contributed by atoms with van der Waals surface area (Å²) in [6.45, 7) is 0. The summed E-state index contributed by atoms with van der Waals surface area (Å²) in [4.78, 5) is 20.9. The van der Waals surface area contributed by atoms with Crippen LogP contribution < -0.4 is 5.32 Å². The molecule has 1 saturated carbocycles. The van der Waals surface area contributed by atoms with Crippen LogP contribution in [-0.2, 0) is 9.47 Å². The van der Waals surface area contributed by atoms with Crippen molar-refractivity contribution in [2.45, 2.75) is 37.6 Å². The Kier molecular flexibility index (Phi) is 6.15. The summed E-state index contributed by atoms with van der Waals surface area (Å²) in [7, 11) is 1.61. The van der Waals surface area contributed by atoms with E-state index < -0.39 is 6.10 Å². The van der Waals surface area contributed by atoms with Crippen molar-refractivity contribution in [1.82, 2.24) is 9.97 Å². The number of pyridine rings is 1. The molecule has 2 bridgehead atoms. The number of aromatic nitrogens is 2. The van der Waals surface area contributed by atoms with E-state index in [-0.39, 0.29) is 5.91 Å². The molecule has 2 aromatic carbocycles. The quantitative estimate of drug-likeness (QED) is 0.459. The number of rotatable bonds is 5. The highest BCUT2D eigenvalue weighted by atomic mass is 16.5. The lowest BCUT2D eigenvalue weighted by Gasteiger charge is -2.23. The average Bonchev–Trinajstić information content (AvgIpc) is 3.59. The summed E-state index contributed by atoms with van der Waals surface area (Å²) in [6, 6.07) is 18.5. The highest BCUT2D eigenvalue weighted by Crippen LogP contribution is 2.36. The van der Waals surface area contributed by atoms with E-state index in [1.165, 1.54) is 19.3 Å². The maximum atomic E-state index is 12.5. The van der Waals surface area contributed by atoms with Crippen molar-refractivity contribution in [3.63, 3.8) is 0 Å². The van der Waals surface area contributed by atoms with Gasteiger partial charge in [0.25, 0.3) is 5.91 Å². The number of nitrogens with one attached hydrogen (secondary N) is 1. The summed E-state index contributed by atoms with van der Waals surface area (Å²) in [6.07, 6.45) is 8.14. The number of ether oxygens (including phenoxy) is 2. The molecule has 2 aromatic heterocycles. The van der Waals surface area contributed by atoms with Crippen LogP contribution in [0.5, 0.6) is 0 Å². The molecule has 1 N–H and O–H groups in total. The zero-order valence-electron chi connectivity index (χ0n) is 18.3. The Morgan fingerprint density at radius 1 is 1.03 bits per heavy atom. The molecule has 168 valence electrons. The minimum Gasteiger partial charge on any atom is -0.435 e. The molecule has 4 heterocycles. The number of methoxy groups -OCH3 is 1. The van der Waals surface area contributed by atoms with Crippen LogP contribution in [0.25, 0.3) is 11.1 Å². The van der Waals surface area contributed by atoms with E-state index in [2.05, 4.69) is 15.3 Å². The summed E-state index contributed by atoms with van der Waals surface area (Å²) in [5.74, 6) is 0.193. The number of benzene rings is 2. The Hall–Kier alpha value is -3.55. The number of anilines is 1. The molecule has 3 aliphatic rings. The maximum Gasteiger partial charge on any atom is 0.255 e. The van der Waals surface area contributed by atoms with Gasteiger partial charge in [-0.3, -0.25) is 9.78 Å². The van der Waals surface area contributed by atoms with Gasteiger partial charge >= 0.3 is 0 Å². The lowest BCUT2D eigenvalue weighted by atomic mass is 10.1. The molecule has 2 aliphatic heterocycles. The van der Waals surface area contributed by atoms with Crippen LogP contribution in [-0.4, -0.2) is 35.2 Å². The highest BCUT2D eigenvalue weighted by molar-refractivity contribution is 6.07. The minimum atomic E-state index is -0.428. The smallest absolute Gasteiger partial charge is 0.255 e. The summed E-state index contributed by atoms with van der Waals surface area (Å²) in [5.41, 5.74) is 3.16. The first-order valence-electron chi connectivity index (χ1n) is 11.1. The fourth-order valence-corrected chi connectivity index (χ4v) is 4.18. The number of hydrogen-bond acceptors (Lipinski definition) is 6. The molecule has 7 rings (SSSR count). The van der Waals surface area contributed by atoms with Crippen LogP contribution in [0.4, 0.5) is 5.69 Å². The normalized spacial score (nSPS) is 19.3. The molecular weight excluding hydrogens is 418 g/mol. The molecule has 7 heteroatoms. The van der Waals surface area contributed by atoms with Crippen molar-refractivity contribution < 1.29 is 18.7 Å². The topological polar surface area (TPSA) is 86.5 Å². The molecule has 3 atom stereocenters. The molecule has 4 aromatic rings. The third-order valence-corrected chi connectivity index (χ3v) is 5.91. The Morgan fingerprint density at radius 2 is 1.76 bits per heavy atom. The van der Waals surface area contributed by atoms with Crippen LogP contribution in [0.15, 0.2) is 77.5 Å². The molecule has 33 heavy (non-hydrogen) atoms. The third-order valence-electron chi connectivity index (χ3n) is 5.91. The summed E-state index contributed by atoms with van der Waals surface area (Å²) in [5, 5.41) is 2.87. The molecule has 7 nitrogen and oxygen atoms in total. The van der Waals surface area contributed by atoms with E-state index >= 15 is 0 Å². The van der Waals surface area contributed by atoms with Crippen molar-refractivity contribution in [1.29, 1.82) is 0 Å². The molecule has 2 saturated heterocycles. The summed E-state index contributed by atoms with van der Waals surface area (Å²) >= 11 is 0. The highest BCUT2D eigenvalue weighted by Gasteiger charge is 2.36. The zero-order chi connectivity index (χ0) is 22.6. The van der Waals surface area contributed by atoms with E-state index in [4.69, 9.17) is 13.9 Å². The first-order chi connectivity index (χ1) is 16.2. The monoisotopic (exact) mass is 443 g/mol. The van der Waals surface area contributed by atoms with E-state index in [0.29, 0.717) is 40.4 Å². The second kappa shape index (κ2) is 9.52. The van der Waals surface area contributed by atoms with Gasteiger partial charge in [0.2, 0.25) is 5.89 Å². The predicted octanol–water partition coefficient (Wildman–Crippen LogP) is 5.15. The standard InChI is InChI=1S/C21H17N3O3.C5H8O/c1-26-18(14-6-3-2-4-7-14)21-24-17-9-5-8-16(19(17)27-21)23-20(25)15-10-12-22-13-11-15;1-2-5-3-4(1)6-5/h2-13,18H,1H3,(H,23,25);4-5H,1-3H2. The van der Waals surface area contributed by atoms with E-state index in [1.54, 1.807) is 37.7 Å². The lowest BCUT2D eigenvalue weighted by molar-refractivity contribution is -0.0647. The van der Waals surface area contributed by atoms with Gasteiger partial charge in [-0.1, -0.05) is 36.4 Å².